The van der Waals surface area contributed by atoms with E-state index in [1.807, 2.05) is 12.1 Å². The van der Waals surface area contributed by atoms with Gasteiger partial charge in [0.25, 0.3) is 0 Å². The van der Waals surface area contributed by atoms with Crippen LogP contribution in [0.5, 0.6) is 0 Å². The second-order valence-electron chi connectivity index (χ2n) is 3.73. The van der Waals surface area contributed by atoms with Gasteiger partial charge in [-0.3, -0.25) is 0 Å². The van der Waals surface area contributed by atoms with E-state index in [4.69, 9.17) is 4.42 Å². The van der Waals surface area contributed by atoms with Gasteiger partial charge < -0.3 is 4.42 Å². The Kier molecular flexibility index (Phi) is 3.00. The van der Waals surface area contributed by atoms with Crippen molar-refractivity contribution in [2.75, 3.05) is 0 Å². The van der Waals surface area contributed by atoms with Gasteiger partial charge in [-0.25, -0.2) is 4.39 Å². The van der Waals surface area contributed by atoms with Gasteiger partial charge in [-0.05, 0) is 17.4 Å². The van der Waals surface area contributed by atoms with E-state index in [2.05, 4.69) is 13.8 Å². The molecule has 1 heterocycles. The van der Waals surface area contributed by atoms with E-state index in [1.54, 1.807) is 17.8 Å². The molecule has 80 valence electrons. The molecule has 0 aliphatic carbocycles. The van der Waals surface area contributed by atoms with Crippen LogP contribution in [0.25, 0.3) is 11.0 Å². The van der Waals surface area contributed by atoms with E-state index in [9.17, 15) is 4.39 Å². The zero-order chi connectivity index (χ0) is 10.8. The minimum atomic E-state index is -0.284. The lowest BCUT2D eigenvalue weighted by molar-refractivity contribution is 0.535. The molecule has 0 fully saturated rings. The lowest BCUT2D eigenvalue weighted by Crippen LogP contribution is -1.86. The highest BCUT2D eigenvalue weighted by Gasteiger charge is 2.08. The van der Waals surface area contributed by atoms with Crippen LogP contribution in [0, 0.1) is 5.82 Å². The molecular weight excluding hydrogens is 211 g/mol. The Labute approximate surface area is 92.7 Å². The second kappa shape index (κ2) is 4.27. The maximum absolute atomic E-state index is 13.3. The molecule has 0 aliphatic rings. The smallest absolute Gasteiger partial charge is 0.169 e. The summed E-state index contributed by atoms with van der Waals surface area (Å²) in [6.07, 6.45) is 0. The zero-order valence-electron chi connectivity index (χ0n) is 8.79. The molecule has 0 saturated carbocycles. The van der Waals surface area contributed by atoms with Crippen LogP contribution in [0.3, 0.4) is 0 Å². The molecule has 0 bridgehead atoms. The lowest BCUT2D eigenvalue weighted by atomic mass is 10.2. The van der Waals surface area contributed by atoms with E-state index < -0.39 is 0 Å². The Bertz CT molecular complexity index is 462. The van der Waals surface area contributed by atoms with Crippen LogP contribution in [0.15, 0.2) is 28.7 Å². The van der Waals surface area contributed by atoms with E-state index in [0.29, 0.717) is 10.8 Å². The molecule has 15 heavy (non-hydrogen) atoms. The standard InChI is InChI=1S/C12H13FOS/c1-8(2)15-7-10-6-9-4-3-5-11(13)12(9)14-10/h3-6,8H,7H2,1-2H3. The fraction of sp³-hybridized carbons (Fsp3) is 0.333. The van der Waals surface area contributed by atoms with Crippen LogP contribution in [0.1, 0.15) is 19.6 Å². The number of halogens is 1. The molecule has 0 N–H and O–H groups in total. The first-order valence-electron chi connectivity index (χ1n) is 4.95. The summed E-state index contributed by atoms with van der Waals surface area (Å²) in [5.74, 6) is 1.35. The minimum Gasteiger partial charge on any atom is -0.457 e. The van der Waals surface area contributed by atoms with Gasteiger partial charge in [0.2, 0.25) is 0 Å². The lowest BCUT2D eigenvalue weighted by Gasteiger charge is -2.00. The third-order valence-corrected chi connectivity index (χ3v) is 3.22. The highest BCUT2D eigenvalue weighted by Crippen LogP contribution is 2.25. The topological polar surface area (TPSA) is 13.1 Å². The summed E-state index contributed by atoms with van der Waals surface area (Å²) in [7, 11) is 0. The number of furan rings is 1. The molecule has 2 rings (SSSR count). The Morgan fingerprint density at radius 3 is 2.87 bits per heavy atom. The average Bonchev–Trinajstić information content (AvgIpc) is 2.59. The van der Waals surface area contributed by atoms with Crippen molar-refractivity contribution in [3.8, 4) is 0 Å². The summed E-state index contributed by atoms with van der Waals surface area (Å²) in [5.41, 5.74) is 0.372. The molecule has 1 aromatic carbocycles. The van der Waals surface area contributed by atoms with Gasteiger partial charge in [-0.2, -0.15) is 11.8 Å². The third kappa shape index (κ3) is 2.34. The Morgan fingerprint density at radius 1 is 1.40 bits per heavy atom. The second-order valence-corrected chi connectivity index (χ2v) is 5.30. The summed E-state index contributed by atoms with van der Waals surface area (Å²) in [6, 6.07) is 6.90. The number of hydrogen-bond donors (Lipinski definition) is 0. The van der Waals surface area contributed by atoms with Crippen LogP contribution < -0.4 is 0 Å². The summed E-state index contributed by atoms with van der Waals surface area (Å²) < 4.78 is 18.8. The van der Waals surface area contributed by atoms with Crippen LogP contribution in [-0.4, -0.2) is 5.25 Å². The van der Waals surface area contributed by atoms with Crippen LogP contribution in [-0.2, 0) is 5.75 Å². The third-order valence-electron chi connectivity index (χ3n) is 2.11. The van der Waals surface area contributed by atoms with Gasteiger partial charge in [-0.1, -0.05) is 26.0 Å². The maximum atomic E-state index is 13.3. The van der Waals surface area contributed by atoms with Crippen molar-refractivity contribution in [1.29, 1.82) is 0 Å². The maximum Gasteiger partial charge on any atom is 0.169 e. The molecule has 3 heteroatoms. The van der Waals surface area contributed by atoms with E-state index in [0.717, 1.165) is 16.9 Å². The molecule has 1 nitrogen and oxygen atoms in total. The van der Waals surface area contributed by atoms with Gasteiger partial charge in [-0.15, -0.1) is 0 Å². The number of rotatable bonds is 3. The Morgan fingerprint density at radius 2 is 2.20 bits per heavy atom. The van der Waals surface area contributed by atoms with Crippen molar-refractivity contribution in [3.05, 3.63) is 35.8 Å². The Balaban J connectivity index is 2.27. The molecule has 0 amide bonds. The number of thioether (sulfide) groups is 1. The number of para-hydroxylation sites is 1. The summed E-state index contributed by atoms with van der Waals surface area (Å²) in [5, 5.41) is 1.40. The van der Waals surface area contributed by atoms with Crippen LogP contribution in [0.2, 0.25) is 0 Å². The zero-order valence-corrected chi connectivity index (χ0v) is 9.60. The summed E-state index contributed by atoms with van der Waals surface area (Å²) in [4.78, 5) is 0. The molecule has 0 spiro atoms. The molecular formula is C12H13FOS. The normalized spacial score (nSPS) is 11.5. The van der Waals surface area contributed by atoms with E-state index in [-0.39, 0.29) is 5.82 Å². The quantitative estimate of drug-likeness (QED) is 0.774. The minimum absolute atomic E-state index is 0.284. The number of benzene rings is 1. The van der Waals surface area contributed by atoms with Crippen LogP contribution >= 0.6 is 11.8 Å². The van der Waals surface area contributed by atoms with E-state index in [1.165, 1.54) is 6.07 Å². The molecule has 0 radical (unpaired) electrons. The van der Waals surface area contributed by atoms with Gasteiger partial charge in [0.05, 0.1) is 5.75 Å². The predicted octanol–water partition coefficient (Wildman–Crippen LogP) is 4.21. The van der Waals surface area contributed by atoms with Crippen LogP contribution in [0.4, 0.5) is 4.39 Å². The molecule has 0 saturated heterocycles. The van der Waals surface area contributed by atoms with E-state index >= 15 is 0 Å². The van der Waals surface area contributed by atoms with Gasteiger partial charge in [0.15, 0.2) is 11.4 Å². The van der Waals surface area contributed by atoms with Crippen molar-refractivity contribution in [3.63, 3.8) is 0 Å². The molecule has 0 unspecified atom stereocenters. The predicted molar refractivity (Wildman–Crippen MR) is 62.6 cm³/mol. The molecule has 2 aromatic rings. The van der Waals surface area contributed by atoms with Crippen molar-refractivity contribution < 1.29 is 8.81 Å². The highest BCUT2D eigenvalue weighted by molar-refractivity contribution is 7.99. The van der Waals surface area contributed by atoms with Crippen molar-refractivity contribution in [2.24, 2.45) is 0 Å². The number of fused-ring (bicyclic) bond motifs is 1. The fourth-order valence-corrected chi connectivity index (χ4v) is 2.04. The molecule has 0 aliphatic heterocycles. The molecule has 1 aromatic heterocycles. The first-order valence-corrected chi connectivity index (χ1v) is 6.00. The van der Waals surface area contributed by atoms with Gasteiger partial charge in [0, 0.05) is 5.39 Å². The molecule has 0 atom stereocenters. The largest absolute Gasteiger partial charge is 0.457 e. The summed E-state index contributed by atoms with van der Waals surface area (Å²) >= 11 is 1.79. The SMILES string of the molecule is CC(C)SCc1cc2cccc(F)c2o1. The number of hydrogen-bond acceptors (Lipinski definition) is 2. The summed E-state index contributed by atoms with van der Waals surface area (Å²) in [6.45, 7) is 4.27. The van der Waals surface area contributed by atoms with Gasteiger partial charge in [0.1, 0.15) is 5.76 Å². The fourth-order valence-electron chi connectivity index (χ4n) is 1.40. The van der Waals surface area contributed by atoms with Crippen molar-refractivity contribution in [1.82, 2.24) is 0 Å². The Hall–Kier alpha value is -0.960. The first kappa shape index (κ1) is 10.6. The highest BCUT2D eigenvalue weighted by atomic mass is 32.2. The van der Waals surface area contributed by atoms with Gasteiger partial charge >= 0.3 is 0 Å². The first-order chi connectivity index (χ1) is 7.16. The van der Waals surface area contributed by atoms with Crippen molar-refractivity contribution in [2.45, 2.75) is 24.9 Å². The average molecular weight is 224 g/mol. The monoisotopic (exact) mass is 224 g/mol. The van der Waals surface area contributed by atoms with Crippen molar-refractivity contribution >= 4 is 22.7 Å².